The molecule has 0 aromatic heterocycles. The summed E-state index contributed by atoms with van der Waals surface area (Å²) in [5.74, 6) is -0.243. The van der Waals surface area contributed by atoms with Gasteiger partial charge in [-0.2, -0.15) is 0 Å². The van der Waals surface area contributed by atoms with E-state index in [9.17, 15) is 14.9 Å². The summed E-state index contributed by atoms with van der Waals surface area (Å²) < 4.78 is 0. The molecule has 0 unspecified atom stereocenters. The summed E-state index contributed by atoms with van der Waals surface area (Å²) in [4.78, 5) is 23.9. The Morgan fingerprint density at radius 3 is 2.67 bits per heavy atom. The molecule has 0 aliphatic carbocycles. The van der Waals surface area contributed by atoms with E-state index in [-0.39, 0.29) is 11.6 Å². The summed E-state index contributed by atoms with van der Waals surface area (Å²) in [6.07, 6.45) is 2.90. The smallest absolute Gasteiger partial charge is 0.270 e. The fourth-order valence-corrected chi connectivity index (χ4v) is 2.49. The quantitative estimate of drug-likeness (QED) is 0.443. The van der Waals surface area contributed by atoms with Gasteiger partial charge < -0.3 is 4.90 Å². The van der Waals surface area contributed by atoms with Crippen molar-refractivity contribution in [2.75, 3.05) is 7.05 Å². The molecule has 1 amide bonds. The maximum absolute atomic E-state index is 12.2. The minimum atomic E-state index is -0.478. The highest BCUT2D eigenvalue weighted by molar-refractivity contribution is 6.35. The summed E-state index contributed by atoms with van der Waals surface area (Å²) in [6.45, 7) is 0.327. The number of hydrogen-bond acceptors (Lipinski definition) is 3. The molecule has 5 nitrogen and oxygen atoms in total. The van der Waals surface area contributed by atoms with E-state index in [0.717, 1.165) is 5.56 Å². The second kappa shape index (κ2) is 7.95. The molecule has 0 saturated heterocycles. The molecule has 2 aromatic rings. The van der Waals surface area contributed by atoms with Crippen LogP contribution in [0.1, 0.15) is 11.1 Å². The van der Waals surface area contributed by atoms with Crippen molar-refractivity contribution in [2.45, 2.75) is 6.54 Å². The molecule has 0 fully saturated rings. The first-order valence-electron chi connectivity index (χ1n) is 6.98. The molecule has 0 saturated carbocycles. The lowest BCUT2D eigenvalue weighted by molar-refractivity contribution is -0.384. The highest BCUT2D eigenvalue weighted by atomic mass is 35.5. The predicted molar refractivity (Wildman–Crippen MR) is 95.1 cm³/mol. The Hall–Kier alpha value is -2.37. The van der Waals surface area contributed by atoms with Crippen LogP contribution in [0.15, 0.2) is 48.5 Å². The van der Waals surface area contributed by atoms with Crippen molar-refractivity contribution < 1.29 is 9.72 Å². The first-order chi connectivity index (χ1) is 11.4. The summed E-state index contributed by atoms with van der Waals surface area (Å²) >= 11 is 11.9. The highest BCUT2D eigenvalue weighted by Gasteiger charge is 2.09. The number of rotatable bonds is 5. The van der Waals surface area contributed by atoms with Gasteiger partial charge in [-0.1, -0.05) is 41.4 Å². The zero-order valence-corrected chi connectivity index (χ0v) is 14.3. The predicted octanol–water partition coefficient (Wildman–Crippen LogP) is 4.57. The maximum atomic E-state index is 12.2. The lowest BCUT2D eigenvalue weighted by Crippen LogP contribution is -2.24. The van der Waals surface area contributed by atoms with Gasteiger partial charge in [0.15, 0.2) is 0 Å². The van der Waals surface area contributed by atoms with E-state index >= 15 is 0 Å². The van der Waals surface area contributed by atoms with Crippen LogP contribution >= 0.6 is 23.2 Å². The van der Waals surface area contributed by atoms with Crippen molar-refractivity contribution in [1.82, 2.24) is 4.90 Å². The molecule has 0 spiro atoms. The molecule has 2 rings (SSSR count). The topological polar surface area (TPSA) is 63.5 Å². The monoisotopic (exact) mass is 364 g/mol. The number of nitro benzene ring substituents is 1. The van der Waals surface area contributed by atoms with E-state index in [1.165, 1.54) is 29.2 Å². The number of hydrogen-bond donors (Lipinski definition) is 0. The minimum absolute atomic E-state index is 0.0223. The SMILES string of the molecule is CN(Cc1ccc(Cl)cc1Cl)C(=O)/C=C/c1cccc([N+](=O)[O-])c1. The standard InChI is InChI=1S/C17H14Cl2N2O3/c1-20(11-13-6-7-14(18)10-16(13)19)17(22)8-5-12-3-2-4-15(9-12)21(23)24/h2-10H,11H2,1H3/b8-5+. The molecule has 0 N–H and O–H groups in total. The van der Waals surface area contributed by atoms with Gasteiger partial charge in [-0.25, -0.2) is 0 Å². The molecule has 124 valence electrons. The van der Waals surface area contributed by atoms with E-state index in [1.807, 2.05) is 0 Å². The number of non-ortho nitro benzene ring substituents is 1. The van der Waals surface area contributed by atoms with Crippen LogP contribution < -0.4 is 0 Å². The average Bonchev–Trinajstić information content (AvgIpc) is 2.55. The normalized spacial score (nSPS) is 10.8. The Balaban J connectivity index is 2.05. The number of benzene rings is 2. The molecule has 0 radical (unpaired) electrons. The van der Waals surface area contributed by atoms with Crippen LogP contribution in [0.2, 0.25) is 10.0 Å². The van der Waals surface area contributed by atoms with Crippen LogP contribution in [0, 0.1) is 10.1 Å². The summed E-state index contributed by atoms with van der Waals surface area (Å²) in [7, 11) is 1.64. The first-order valence-corrected chi connectivity index (χ1v) is 7.74. The van der Waals surface area contributed by atoms with Gasteiger partial charge in [-0.05, 0) is 29.3 Å². The molecule has 0 bridgehead atoms. The fraction of sp³-hybridized carbons (Fsp3) is 0.118. The third kappa shape index (κ3) is 4.81. The van der Waals surface area contributed by atoms with Crippen molar-refractivity contribution in [3.8, 4) is 0 Å². The zero-order valence-electron chi connectivity index (χ0n) is 12.8. The minimum Gasteiger partial charge on any atom is -0.338 e. The summed E-state index contributed by atoms with van der Waals surface area (Å²) in [5.41, 5.74) is 1.34. The van der Waals surface area contributed by atoms with Crippen molar-refractivity contribution in [3.63, 3.8) is 0 Å². The summed E-state index contributed by atoms with van der Waals surface area (Å²) in [6, 6.07) is 11.1. The van der Waals surface area contributed by atoms with Gasteiger partial charge in [0.2, 0.25) is 5.91 Å². The van der Waals surface area contributed by atoms with E-state index in [4.69, 9.17) is 23.2 Å². The Bertz CT molecular complexity index is 806. The molecular formula is C17H14Cl2N2O3. The van der Waals surface area contributed by atoms with Crippen LogP contribution in [0.25, 0.3) is 6.08 Å². The van der Waals surface area contributed by atoms with Crippen molar-refractivity contribution >= 4 is 40.9 Å². The maximum Gasteiger partial charge on any atom is 0.270 e. The largest absolute Gasteiger partial charge is 0.338 e. The van der Waals surface area contributed by atoms with Crippen molar-refractivity contribution in [2.24, 2.45) is 0 Å². The van der Waals surface area contributed by atoms with E-state index in [1.54, 1.807) is 37.4 Å². The van der Waals surface area contributed by atoms with Gasteiger partial charge in [-0.15, -0.1) is 0 Å². The van der Waals surface area contributed by atoms with Gasteiger partial charge in [-0.3, -0.25) is 14.9 Å². The fourth-order valence-electron chi connectivity index (χ4n) is 2.02. The van der Waals surface area contributed by atoms with Gasteiger partial charge >= 0.3 is 0 Å². The van der Waals surface area contributed by atoms with Gasteiger partial charge in [0.05, 0.1) is 4.92 Å². The Morgan fingerprint density at radius 1 is 1.25 bits per heavy atom. The molecule has 2 aromatic carbocycles. The van der Waals surface area contributed by atoms with E-state index < -0.39 is 4.92 Å². The Morgan fingerprint density at radius 2 is 2.00 bits per heavy atom. The zero-order chi connectivity index (χ0) is 17.7. The second-order valence-electron chi connectivity index (χ2n) is 5.12. The van der Waals surface area contributed by atoms with E-state index in [2.05, 4.69) is 0 Å². The van der Waals surface area contributed by atoms with Crippen molar-refractivity contribution in [1.29, 1.82) is 0 Å². The van der Waals surface area contributed by atoms with E-state index in [0.29, 0.717) is 22.2 Å². The highest BCUT2D eigenvalue weighted by Crippen LogP contribution is 2.22. The van der Waals surface area contributed by atoms with Crippen molar-refractivity contribution in [3.05, 3.63) is 79.8 Å². The number of halogens is 2. The number of nitrogens with zero attached hydrogens (tertiary/aromatic N) is 2. The van der Waals surface area contributed by atoms with Gasteiger partial charge in [0.1, 0.15) is 0 Å². The number of likely N-dealkylation sites (N-methyl/N-ethyl adjacent to an activating group) is 1. The molecule has 0 atom stereocenters. The Labute approximate surface area is 149 Å². The number of nitro groups is 1. The van der Waals surface area contributed by atoms with Gasteiger partial charge in [0, 0.05) is 41.8 Å². The summed E-state index contributed by atoms with van der Waals surface area (Å²) in [5, 5.41) is 11.8. The number of carbonyl (C=O) groups excluding carboxylic acids is 1. The number of carbonyl (C=O) groups is 1. The molecular weight excluding hydrogens is 351 g/mol. The average molecular weight is 365 g/mol. The van der Waals surface area contributed by atoms with Crippen LogP contribution in [0.3, 0.4) is 0 Å². The van der Waals surface area contributed by atoms with Crippen LogP contribution in [-0.2, 0) is 11.3 Å². The molecule has 0 heterocycles. The Kier molecular flexibility index (Phi) is 5.95. The molecule has 0 aliphatic heterocycles. The van der Waals surface area contributed by atoms with Crippen LogP contribution in [0.5, 0.6) is 0 Å². The number of amides is 1. The van der Waals surface area contributed by atoms with Crippen LogP contribution in [0.4, 0.5) is 5.69 Å². The van der Waals surface area contributed by atoms with Crippen LogP contribution in [-0.4, -0.2) is 22.8 Å². The second-order valence-corrected chi connectivity index (χ2v) is 5.96. The lowest BCUT2D eigenvalue weighted by atomic mass is 10.2. The third-order valence-corrected chi connectivity index (χ3v) is 3.89. The molecule has 0 aliphatic rings. The molecule has 7 heteroatoms. The lowest BCUT2D eigenvalue weighted by Gasteiger charge is -2.16. The third-order valence-electron chi connectivity index (χ3n) is 3.30. The first kappa shape index (κ1) is 18.0. The molecule has 24 heavy (non-hydrogen) atoms. The van der Waals surface area contributed by atoms with Gasteiger partial charge in [0.25, 0.3) is 5.69 Å².